The van der Waals surface area contributed by atoms with Crippen LogP contribution in [0.5, 0.6) is 0 Å². The van der Waals surface area contributed by atoms with Gasteiger partial charge in [-0.05, 0) is 32.1 Å². The molecule has 1 aliphatic rings. The van der Waals surface area contributed by atoms with Crippen LogP contribution in [0, 0.1) is 12.8 Å². The van der Waals surface area contributed by atoms with Crippen molar-refractivity contribution in [2.45, 2.75) is 38.7 Å². The fourth-order valence-corrected chi connectivity index (χ4v) is 3.71. The SMILES string of the molecule is Cc1cn2c(CC(=O)NCC3CCC(O)C3)csc2n1. The third-order valence-electron chi connectivity index (χ3n) is 3.85. The van der Waals surface area contributed by atoms with E-state index in [0.717, 1.165) is 35.6 Å². The van der Waals surface area contributed by atoms with Gasteiger partial charge in [-0.25, -0.2) is 4.98 Å². The number of fused-ring (bicyclic) bond motifs is 1. The number of carbonyl (C=O) groups excluding carboxylic acids is 1. The number of aryl methyl sites for hydroxylation is 1. The summed E-state index contributed by atoms with van der Waals surface area (Å²) in [6.45, 7) is 2.63. The molecular weight excluding hydrogens is 274 g/mol. The van der Waals surface area contributed by atoms with Crippen LogP contribution in [0.4, 0.5) is 0 Å². The molecule has 20 heavy (non-hydrogen) atoms. The van der Waals surface area contributed by atoms with Gasteiger partial charge in [-0.2, -0.15) is 0 Å². The molecule has 2 aromatic rings. The highest BCUT2D eigenvalue weighted by Crippen LogP contribution is 2.24. The maximum absolute atomic E-state index is 12.0. The fourth-order valence-electron chi connectivity index (χ4n) is 2.79. The first kappa shape index (κ1) is 13.6. The standard InChI is InChI=1S/C14H19N3O2S/c1-9-7-17-11(8-20-14(17)16-9)5-13(19)15-6-10-2-3-12(18)4-10/h7-8,10,12,18H,2-6H2,1H3,(H,15,19). The first-order chi connectivity index (χ1) is 9.61. The van der Waals surface area contributed by atoms with E-state index in [4.69, 9.17) is 0 Å². The lowest BCUT2D eigenvalue weighted by atomic mass is 10.1. The highest BCUT2D eigenvalue weighted by Gasteiger charge is 2.23. The second kappa shape index (κ2) is 5.54. The molecule has 1 fully saturated rings. The minimum atomic E-state index is -0.178. The Hall–Kier alpha value is -1.40. The number of aromatic nitrogens is 2. The Kier molecular flexibility index (Phi) is 3.76. The number of aliphatic hydroxyl groups excluding tert-OH is 1. The van der Waals surface area contributed by atoms with Gasteiger partial charge in [0.2, 0.25) is 5.91 Å². The van der Waals surface area contributed by atoms with Crippen molar-refractivity contribution in [3.63, 3.8) is 0 Å². The lowest BCUT2D eigenvalue weighted by Gasteiger charge is -2.10. The summed E-state index contributed by atoms with van der Waals surface area (Å²) in [6.07, 6.45) is 4.84. The highest BCUT2D eigenvalue weighted by molar-refractivity contribution is 7.15. The van der Waals surface area contributed by atoms with Crippen LogP contribution in [0.2, 0.25) is 0 Å². The number of thiazole rings is 1. The van der Waals surface area contributed by atoms with E-state index >= 15 is 0 Å². The van der Waals surface area contributed by atoms with Crippen molar-refractivity contribution < 1.29 is 9.90 Å². The van der Waals surface area contributed by atoms with Gasteiger partial charge in [-0.15, -0.1) is 11.3 Å². The monoisotopic (exact) mass is 293 g/mol. The summed E-state index contributed by atoms with van der Waals surface area (Å²) in [6, 6.07) is 0. The zero-order chi connectivity index (χ0) is 14.1. The topological polar surface area (TPSA) is 66.6 Å². The molecule has 0 radical (unpaired) electrons. The lowest BCUT2D eigenvalue weighted by molar-refractivity contribution is -0.120. The van der Waals surface area contributed by atoms with Gasteiger partial charge in [0.1, 0.15) is 0 Å². The molecular formula is C14H19N3O2S. The van der Waals surface area contributed by atoms with Crippen molar-refractivity contribution >= 4 is 22.2 Å². The van der Waals surface area contributed by atoms with Gasteiger partial charge in [0.15, 0.2) is 4.96 Å². The third-order valence-corrected chi connectivity index (χ3v) is 4.74. The van der Waals surface area contributed by atoms with E-state index in [9.17, 15) is 9.90 Å². The molecule has 0 bridgehead atoms. The summed E-state index contributed by atoms with van der Waals surface area (Å²) < 4.78 is 1.99. The van der Waals surface area contributed by atoms with Crippen LogP contribution in [-0.2, 0) is 11.2 Å². The Balaban J connectivity index is 1.56. The van der Waals surface area contributed by atoms with Crippen molar-refractivity contribution in [1.82, 2.24) is 14.7 Å². The number of amides is 1. The van der Waals surface area contributed by atoms with Crippen LogP contribution in [-0.4, -0.2) is 33.0 Å². The first-order valence-electron chi connectivity index (χ1n) is 6.98. The zero-order valence-electron chi connectivity index (χ0n) is 11.5. The molecule has 3 rings (SSSR count). The van der Waals surface area contributed by atoms with Crippen molar-refractivity contribution in [3.05, 3.63) is 23.0 Å². The third kappa shape index (κ3) is 2.86. The van der Waals surface area contributed by atoms with E-state index in [1.165, 1.54) is 0 Å². The average molecular weight is 293 g/mol. The maximum Gasteiger partial charge on any atom is 0.225 e. The molecule has 2 heterocycles. The van der Waals surface area contributed by atoms with Crippen LogP contribution in [0.1, 0.15) is 30.7 Å². The molecule has 2 atom stereocenters. The predicted molar refractivity (Wildman–Crippen MR) is 77.9 cm³/mol. The van der Waals surface area contributed by atoms with Crippen molar-refractivity contribution in [2.75, 3.05) is 6.54 Å². The smallest absolute Gasteiger partial charge is 0.225 e. The Labute approximate surface area is 121 Å². The predicted octanol–water partition coefficient (Wildman–Crippen LogP) is 1.52. The number of imidazole rings is 1. The summed E-state index contributed by atoms with van der Waals surface area (Å²) in [5, 5.41) is 14.4. The van der Waals surface area contributed by atoms with Crippen LogP contribution < -0.4 is 5.32 Å². The molecule has 2 aromatic heterocycles. The number of nitrogens with zero attached hydrogens (tertiary/aromatic N) is 2. The van der Waals surface area contributed by atoms with Crippen LogP contribution in [0.15, 0.2) is 11.6 Å². The Morgan fingerprint density at radius 3 is 3.20 bits per heavy atom. The normalized spacial score (nSPS) is 22.5. The molecule has 108 valence electrons. The Morgan fingerprint density at radius 2 is 2.45 bits per heavy atom. The van der Waals surface area contributed by atoms with Gasteiger partial charge in [0.05, 0.1) is 18.2 Å². The van der Waals surface area contributed by atoms with E-state index in [1.807, 2.05) is 22.9 Å². The summed E-state index contributed by atoms with van der Waals surface area (Å²) in [5.74, 6) is 0.462. The molecule has 0 aliphatic heterocycles. The fraction of sp³-hybridized carbons (Fsp3) is 0.571. The number of hydrogen-bond donors (Lipinski definition) is 2. The van der Waals surface area contributed by atoms with Gasteiger partial charge in [0.25, 0.3) is 0 Å². The van der Waals surface area contributed by atoms with Gasteiger partial charge in [-0.3, -0.25) is 9.20 Å². The molecule has 5 nitrogen and oxygen atoms in total. The molecule has 1 amide bonds. The van der Waals surface area contributed by atoms with Crippen molar-refractivity contribution in [1.29, 1.82) is 0 Å². The quantitative estimate of drug-likeness (QED) is 0.898. The van der Waals surface area contributed by atoms with E-state index in [0.29, 0.717) is 18.9 Å². The van der Waals surface area contributed by atoms with Crippen molar-refractivity contribution in [2.24, 2.45) is 5.92 Å². The van der Waals surface area contributed by atoms with Crippen LogP contribution in [0.25, 0.3) is 4.96 Å². The summed E-state index contributed by atoms with van der Waals surface area (Å²) in [5.41, 5.74) is 1.95. The number of nitrogens with one attached hydrogen (secondary N) is 1. The maximum atomic E-state index is 12.0. The minimum absolute atomic E-state index is 0.0393. The average Bonchev–Trinajstić information content (AvgIpc) is 3.05. The summed E-state index contributed by atoms with van der Waals surface area (Å²) >= 11 is 1.56. The van der Waals surface area contributed by atoms with Crippen LogP contribution in [0.3, 0.4) is 0 Å². The van der Waals surface area contributed by atoms with Crippen LogP contribution >= 0.6 is 11.3 Å². The molecule has 0 aromatic carbocycles. The summed E-state index contributed by atoms with van der Waals surface area (Å²) in [4.78, 5) is 17.3. The second-order valence-electron chi connectivity index (χ2n) is 5.58. The molecule has 2 N–H and O–H groups in total. The lowest BCUT2D eigenvalue weighted by Crippen LogP contribution is -2.30. The number of rotatable bonds is 4. The van der Waals surface area contributed by atoms with E-state index in [-0.39, 0.29) is 12.0 Å². The Bertz CT molecular complexity index is 619. The molecule has 0 spiro atoms. The largest absolute Gasteiger partial charge is 0.393 e. The first-order valence-corrected chi connectivity index (χ1v) is 7.86. The van der Waals surface area contributed by atoms with Gasteiger partial charge >= 0.3 is 0 Å². The van der Waals surface area contributed by atoms with Gasteiger partial charge < -0.3 is 10.4 Å². The minimum Gasteiger partial charge on any atom is -0.393 e. The number of carbonyl (C=O) groups is 1. The van der Waals surface area contributed by atoms with E-state index < -0.39 is 0 Å². The Morgan fingerprint density at radius 1 is 1.60 bits per heavy atom. The highest BCUT2D eigenvalue weighted by atomic mass is 32.1. The second-order valence-corrected chi connectivity index (χ2v) is 6.41. The van der Waals surface area contributed by atoms with Crippen molar-refractivity contribution in [3.8, 4) is 0 Å². The molecule has 2 unspecified atom stereocenters. The zero-order valence-corrected chi connectivity index (χ0v) is 12.3. The molecule has 1 aliphatic carbocycles. The summed E-state index contributed by atoms with van der Waals surface area (Å²) in [7, 11) is 0. The van der Waals surface area contributed by atoms with E-state index in [1.54, 1.807) is 11.3 Å². The van der Waals surface area contributed by atoms with Gasteiger partial charge in [0, 0.05) is 23.8 Å². The number of aliphatic hydroxyl groups is 1. The van der Waals surface area contributed by atoms with E-state index in [2.05, 4.69) is 10.3 Å². The molecule has 1 saturated carbocycles. The molecule has 6 heteroatoms. The number of hydrogen-bond acceptors (Lipinski definition) is 4. The van der Waals surface area contributed by atoms with Gasteiger partial charge in [-0.1, -0.05) is 0 Å². The molecule has 0 saturated heterocycles.